The standard InChI is InChI=1S/C19H19FO/c20-15-8-7-14(12-3-1-2-4-13(12)15)19(21)18-16-10-5-6-11(9-10)17(16)18/h1-4,7-8,10-11,16-19,21H,5-6,9H2. The summed E-state index contributed by atoms with van der Waals surface area (Å²) < 4.78 is 13.9. The van der Waals surface area contributed by atoms with Crippen LogP contribution in [0.1, 0.15) is 30.9 Å². The van der Waals surface area contributed by atoms with Crippen LogP contribution in [0.2, 0.25) is 0 Å². The van der Waals surface area contributed by atoms with Gasteiger partial charge in [0, 0.05) is 5.39 Å². The molecule has 5 rings (SSSR count). The molecule has 3 fully saturated rings. The molecule has 2 heteroatoms. The van der Waals surface area contributed by atoms with Crippen LogP contribution in [0.3, 0.4) is 0 Å². The summed E-state index contributed by atoms with van der Waals surface area (Å²) in [5, 5.41) is 12.4. The van der Waals surface area contributed by atoms with Crippen LogP contribution in [0, 0.1) is 35.4 Å². The Kier molecular flexibility index (Phi) is 2.36. The monoisotopic (exact) mass is 282 g/mol. The van der Waals surface area contributed by atoms with Gasteiger partial charge in [-0.05, 0) is 65.9 Å². The third-order valence-corrected chi connectivity index (χ3v) is 6.38. The zero-order valence-electron chi connectivity index (χ0n) is 11.9. The molecule has 3 aliphatic rings. The lowest BCUT2D eigenvalue weighted by molar-refractivity contribution is 0.131. The van der Waals surface area contributed by atoms with Crippen LogP contribution >= 0.6 is 0 Å². The molecule has 0 spiro atoms. The topological polar surface area (TPSA) is 20.2 Å². The molecule has 2 bridgehead atoms. The number of aliphatic hydroxyl groups excluding tert-OH is 1. The minimum Gasteiger partial charge on any atom is -0.388 e. The molecule has 3 aliphatic carbocycles. The van der Waals surface area contributed by atoms with Gasteiger partial charge >= 0.3 is 0 Å². The summed E-state index contributed by atoms with van der Waals surface area (Å²) in [6.45, 7) is 0. The highest BCUT2D eigenvalue weighted by Crippen LogP contribution is 2.72. The van der Waals surface area contributed by atoms with Crippen molar-refractivity contribution in [3.8, 4) is 0 Å². The maximum atomic E-state index is 13.9. The van der Waals surface area contributed by atoms with E-state index >= 15 is 0 Å². The molecule has 0 amide bonds. The molecule has 21 heavy (non-hydrogen) atoms. The fraction of sp³-hybridized carbons (Fsp3) is 0.474. The molecule has 0 saturated heterocycles. The molecule has 0 heterocycles. The van der Waals surface area contributed by atoms with E-state index in [0.717, 1.165) is 34.6 Å². The van der Waals surface area contributed by atoms with Gasteiger partial charge in [0.1, 0.15) is 5.82 Å². The third kappa shape index (κ3) is 1.54. The lowest BCUT2D eigenvalue weighted by Crippen LogP contribution is -2.09. The van der Waals surface area contributed by atoms with Gasteiger partial charge in [0.2, 0.25) is 0 Å². The second-order valence-corrected chi connectivity index (χ2v) is 7.19. The van der Waals surface area contributed by atoms with Gasteiger partial charge in [-0.25, -0.2) is 4.39 Å². The van der Waals surface area contributed by atoms with Gasteiger partial charge in [-0.3, -0.25) is 0 Å². The third-order valence-electron chi connectivity index (χ3n) is 6.38. The zero-order chi connectivity index (χ0) is 14.1. The van der Waals surface area contributed by atoms with Crippen LogP contribution in [0.15, 0.2) is 36.4 Å². The van der Waals surface area contributed by atoms with Crippen molar-refractivity contribution in [1.29, 1.82) is 0 Å². The van der Waals surface area contributed by atoms with Crippen molar-refractivity contribution in [2.75, 3.05) is 0 Å². The molecule has 2 aromatic carbocycles. The summed E-state index contributed by atoms with van der Waals surface area (Å²) in [6.07, 6.45) is 3.69. The van der Waals surface area contributed by atoms with Crippen molar-refractivity contribution in [3.05, 3.63) is 47.8 Å². The summed E-state index contributed by atoms with van der Waals surface area (Å²) in [6, 6.07) is 10.8. The van der Waals surface area contributed by atoms with Crippen molar-refractivity contribution in [2.45, 2.75) is 25.4 Å². The van der Waals surface area contributed by atoms with Gasteiger partial charge in [0.15, 0.2) is 0 Å². The second kappa shape index (κ2) is 4.07. The molecule has 0 aliphatic heterocycles. The van der Waals surface area contributed by atoms with E-state index < -0.39 is 6.10 Å². The highest BCUT2D eigenvalue weighted by molar-refractivity contribution is 5.86. The Morgan fingerprint density at radius 3 is 2.33 bits per heavy atom. The van der Waals surface area contributed by atoms with Crippen LogP contribution in [0.25, 0.3) is 10.8 Å². The van der Waals surface area contributed by atoms with Gasteiger partial charge < -0.3 is 5.11 Å². The zero-order valence-corrected chi connectivity index (χ0v) is 11.9. The first-order chi connectivity index (χ1) is 10.3. The molecular weight excluding hydrogens is 263 g/mol. The number of rotatable bonds is 2. The van der Waals surface area contributed by atoms with Gasteiger partial charge in [0.05, 0.1) is 6.10 Å². The summed E-state index contributed by atoms with van der Waals surface area (Å²) in [5.74, 6) is 3.41. The van der Waals surface area contributed by atoms with Gasteiger partial charge in [-0.1, -0.05) is 30.3 Å². The van der Waals surface area contributed by atoms with Gasteiger partial charge in [-0.2, -0.15) is 0 Å². The van der Waals surface area contributed by atoms with Crippen molar-refractivity contribution < 1.29 is 9.50 Å². The maximum absolute atomic E-state index is 13.9. The quantitative estimate of drug-likeness (QED) is 0.870. The Balaban J connectivity index is 1.55. The SMILES string of the molecule is OC(c1ccc(F)c2ccccc12)C1C2C3CCC(C3)C21. The molecule has 2 aromatic rings. The lowest BCUT2D eigenvalue weighted by atomic mass is 9.92. The number of aliphatic hydroxyl groups is 1. The summed E-state index contributed by atoms with van der Waals surface area (Å²) in [7, 11) is 0. The Morgan fingerprint density at radius 2 is 1.62 bits per heavy atom. The Labute approximate surface area is 123 Å². The van der Waals surface area contributed by atoms with E-state index in [9.17, 15) is 9.50 Å². The van der Waals surface area contributed by atoms with Crippen LogP contribution in [0.4, 0.5) is 4.39 Å². The molecule has 1 nitrogen and oxygen atoms in total. The molecule has 108 valence electrons. The predicted molar refractivity (Wildman–Crippen MR) is 80.2 cm³/mol. The van der Waals surface area contributed by atoms with E-state index in [0.29, 0.717) is 11.3 Å². The van der Waals surface area contributed by atoms with Crippen LogP contribution < -0.4 is 0 Å². The van der Waals surface area contributed by atoms with E-state index in [1.807, 2.05) is 18.2 Å². The van der Waals surface area contributed by atoms with E-state index in [4.69, 9.17) is 0 Å². The van der Waals surface area contributed by atoms with E-state index in [1.54, 1.807) is 12.1 Å². The predicted octanol–water partition coefficient (Wildman–Crippen LogP) is 4.30. The molecule has 0 radical (unpaired) electrons. The first kappa shape index (κ1) is 12.2. The van der Waals surface area contributed by atoms with Crippen LogP contribution in [0.5, 0.6) is 0 Å². The van der Waals surface area contributed by atoms with Crippen LogP contribution in [-0.2, 0) is 0 Å². The van der Waals surface area contributed by atoms with Gasteiger partial charge in [0.25, 0.3) is 0 Å². The Morgan fingerprint density at radius 1 is 0.952 bits per heavy atom. The molecular formula is C19H19FO. The summed E-state index contributed by atoms with van der Waals surface area (Å²) in [4.78, 5) is 0. The molecule has 1 N–H and O–H groups in total. The molecule has 5 unspecified atom stereocenters. The number of benzene rings is 2. The largest absolute Gasteiger partial charge is 0.388 e. The fourth-order valence-electron chi connectivity index (χ4n) is 5.57. The average Bonchev–Trinajstić information content (AvgIpc) is 2.95. The number of fused-ring (bicyclic) bond motifs is 6. The minimum atomic E-state index is -0.422. The van der Waals surface area contributed by atoms with E-state index in [2.05, 4.69) is 0 Å². The highest BCUT2D eigenvalue weighted by Gasteiger charge is 2.66. The van der Waals surface area contributed by atoms with Crippen molar-refractivity contribution >= 4 is 10.8 Å². The molecule has 0 aromatic heterocycles. The van der Waals surface area contributed by atoms with Crippen molar-refractivity contribution in [3.63, 3.8) is 0 Å². The first-order valence-corrected chi connectivity index (χ1v) is 8.11. The van der Waals surface area contributed by atoms with Crippen LogP contribution in [-0.4, -0.2) is 5.11 Å². The van der Waals surface area contributed by atoms with Gasteiger partial charge in [-0.15, -0.1) is 0 Å². The van der Waals surface area contributed by atoms with Crippen molar-refractivity contribution in [1.82, 2.24) is 0 Å². The maximum Gasteiger partial charge on any atom is 0.131 e. The number of hydrogen-bond acceptors (Lipinski definition) is 1. The van der Waals surface area contributed by atoms with E-state index in [-0.39, 0.29) is 5.82 Å². The number of hydrogen-bond donors (Lipinski definition) is 1. The molecule has 3 saturated carbocycles. The van der Waals surface area contributed by atoms with E-state index in [1.165, 1.54) is 25.3 Å². The highest BCUT2D eigenvalue weighted by atomic mass is 19.1. The molecule has 5 atom stereocenters. The second-order valence-electron chi connectivity index (χ2n) is 7.19. The normalized spacial score (nSPS) is 37.7. The Hall–Kier alpha value is -1.41. The van der Waals surface area contributed by atoms with Crippen molar-refractivity contribution in [2.24, 2.45) is 29.6 Å². The first-order valence-electron chi connectivity index (χ1n) is 8.11. The summed E-state index contributed by atoms with van der Waals surface area (Å²) >= 11 is 0. The summed E-state index contributed by atoms with van der Waals surface area (Å²) in [5.41, 5.74) is 0.922. The Bertz CT molecular complexity index is 709. The minimum absolute atomic E-state index is 0.197. The fourth-order valence-corrected chi connectivity index (χ4v) is 5.57. The number of halogens is 1. The lowest BCUT2D eigenvalue weighted by Gasteiger charge is -2.17. The average molecular weight is 282 g/mol. The smallest absolute Gasteiger partial charge is 0.131 e.